The highest BCUT2D eigenvalue weighted by Crippen LogP contribution is 2.38. The maximum absolute atomic E-state index is 2.43. The van der Waals surface area contributed by atoms with E-state index in [9.17, 15) is 0 Å². The molecule has 0 amide bonds. The first kappa shape index (κ1) is 5.52. The van der Waals surface area contributed by atoms with Gasteiger partial charge >= 0.3 is 0 Å². The standard InChI is InChI=1S/C9H14/c1-2-5-8(4-1)9-6-3-7-9/h1,4,8-9H,2-3,5-7H2. The Morgan fingerprint density at radius 3 is 2.44 bits per heavy atom. The average molecular weight is 122 g/mol. The van der Waals surface area contributed by atoms with Gasteiger partial charge in [-0.3, -0.25) is 0 Å². The minimum absolute atomic E-state index is 0.985. The maximum atomic E-state index is 2.43. The van der Waals surface area contributed by atoms with Crippen LogP contribution in [0.5, 0.6) is 0 Å². The second-order valence-corrected chi connectivity index (χ2v) is 3.36. The molecule has 0 heterocycles. The molecule has 0 aromatic rings. The van der Waals surface area contributed by atoms with Crippen molar-refractivity contribution < 1.29 is 0 Å². The van der Waals surface area contributed by atoms with E-state index in [0.29, 0.717) is 0 Å². The third kappa shape index (κ3) is 0.910. The Hall–Kier alpha value is -0.260. The molecule has 0 bridgehead atoms. The zero-order chi connectivity index (χ0) is 6.10. The fourth-order valence-corrected chi connectivity index (χ4v) is 1.92. The lowest BCUT2D eigenvalue weighted by Crippen LogP contribution is -2.18. The van der Waals surface area contributed by atoms with E-state index in [1.807, 2.05) is 0 Å². The van der Waals surface area contributed by atoms with Gasteiger partial charge in [-0.15, -0.1) is 0 Å². The summed E-state index contributed by atoms with van der Waals surface area (Å²) in [5, 5.41) is 0. The molecule has 0 aromatic heterocycles. The molecule has 1 unspecified atom stereocenters. The van der Waals surface area contributed by atoms with Gasteiger partial charge in [0, 0.05) is 0 Å². The van der Waals surface area contributed by atoms with Gasteiger partial charge in [-0.25, -0.2) is 0 Å². The Bertz CT molecular complexity index is 120. The summed E-state index contributed by atoms with van der Waals surface area (Å²) in [6.07, 6.45) is 12.1. The molecule has 0 aliphatic heterocycles. The van der Waals surface area contributed by atoms with Crippen molar-refractivity contribution in [3.8, 4) is 0 Å². The molecule has 0 nitrogen and oxygen atoms in total. The first-order valence-electron chi connectivity index (χ1n) is 4.13. The topological polar surface area (TPSA) is 0 Å². The molecule has 2 aliphatic carbocycles. The van der Waals surface area contributed by atoms with Crippen LogP contribution in [0.1, 0.15) is 32.1 Å². The fraction of sp³-hybridized carbons (Fsp3) is 0.778. The summed E-state index contributed by atoms with van der Waals surface area (Å²) in [5.41, 5.74) is 0. The third-order valence-electron chi connectivity index (χ3n) is 2.81. The molecule has 2 rings (SSSR count). The Morgan fingerprint density at radius 2 is 2.00 bits per heavy atom. The van der Waals surface area contributed by atoms with Crippen molar-refractivity contribution in [3.05, 3.63) is 12.2 Å². The Kier molecular flexibility index (Phi) is 1.33. The van der Waals surface area contributed by atoms with E-state index in [-0.39, 0.29) is 0 Å². The highest BCUT2D eigenvalue weighted by molar-refractivity contribution is 5.00. The molecule has 0 radical (unpaired) electrons. The van der Waals surface area contributed by atoms with Gasteiger partial charge in [-0.2, -0.15) is 0 Å². The van der Waals surface area contributed by atoms with Crippen LogP contribution in [-0.4, -0.2) is 0 Å². The van der Waals surface area contributed by atoms with E-state index in [1.165, 1.54) is 32.1 Å². The largest absolute Gasteiger partial charge is 0.0882 e. The molecule has 50 valence electrons. The molecule has 0 aromatic carbocycles. The van der Waals surface area contributed by atoms with Crippen molar-refractivity contribution in [3.63, 3.8) is 0 Å². The average Bonchev–Trinajstić information content (AvgIpc) is 2.11. The Balaban J connectivity index is 1.89. The molecule has 0 spiro atoms. The summed E-state index contributed by atoms with van der Waals surface area (Å²) in [4.78, 5) is 0. The van der Waals surface area contributed by atoms with Gasteiger partial charge < -0.3 is 0 Å². The van der Waals surface area contributed by atoms with Crippen molar-refractivity contribution in [1.29, 1.82) is 0 Å². The van der Waals surface area contributed by atoms with Crippen LogP contribution in [0.2, 0.25) is 0 Å². The maximum Gasteiger partial charge on any atom is -0.0202 e. The minimum Gasteiger partial charge on any atom is -0.0882 e. The predicted octanol–water partition coefficient (Wildman–Crippen LogP) is 2.75. The zero-order valence-corrected chi connectivity index (χ0v) is 5.84. The fourth-order valence-electron chi connectivity index (χ4n) is 1.92. The first-order valence-corrected chi connectivity index (χ1v) is 4.13. The van der Waals surface area contributed by atoms with Crippen LogP contribution >= 0.6 is 0 Å². The zero-order valence-electron chi connectivity index (χ0n) is 5.84. The summed E-state index contributed by atoms with van der Waals surface area (Å²) in [6.45, 7) is 0. The van der Waals surface area contributed by atoms with Gasteiger partial charge in [0.05, 0.1) is 0 Å². The molecule has 0 N–H and O–H groups in total. The second-order valence-electron chi connectivity index (χ2n) is 3.36. The third-order valence-corrected chi connectivity index (χ3v) is 2.81. The van der Waals surface area contributed by atoms with E-state index in [0.717, 1.165) is 11.8 Å². The summed E-state index contributed by atoms with van der Waals surface area (Å²) >= 11 is 0. The first-order chi connectivity index (χ1) is 4.47. The smallest absolute Gasteiger partial charge is 0.0202 e. The van der Waals surface area contributed by atoms with E-state index < -0.39 is 0 Å². The second kappa shape index (κ2) is 2.17. The molecular weight excluding hydrogens is 108 g/mol. The van der Waals surface area contributed by atoms with Crippen LogP contribution < -0.4 is 0 Å². The molecule has 1 atom stereocenters. The van der Waals surface area contributed by atoms with Crippen molar-refractivity contribution >= 4 is 0 Å². The SMILES string of the molecule is C1=CC(C2CCC2)CC1. The van der Waals surface area contributed by atoms with Gasteiger partial charge in [0.2, 0.25) is 0 Å². The Labute approximate surface area is 57.0 Å². The molecule has 0 saturated heterocycles. The van der Waals surface area contributed by atoms with Crippen LogP contribution in [-0.2, 0) is 0 Å². The predicted molar refractivity (Wildman–Crippen MR) is 39.2 cm³/mol. The van der Waals surface area contributed by atoms with Crippen LogP contribution in [0.3, 0.4) is 0 Å². The van der Waals surface area contributed by atoms with Crippen molar-refractivity contribution in [2.24, 2.45) is 11.8 Å². The van der Waals surface area contributed by atoms with Gasteiger partial charge in [-0.05, 0) is 37.5 Å². The summed E-state index contributed by atoms with van der Waals surface area (Å²) in [7, 11) is 0. The van der Waals surface area contributed by atoms with Crippen molar-refractivity contribution in [1.82, 2.24) is 0 Å². The van der Waals surface area contributed by atoms with E-state index in [1.54, 1.807) is 0 Å². The van der Waals surface area contributed by atoms with Crippen LogP contribution in [0, 0.1) is 11.8 Å². The summed E-state index contributed by atoms with van der Waals surface area (Å²) in [6, 6.07) is 0. The van der Waals surface area contributed by atoms with E-state index >= 15 is 0 Å². The molecule has 1 saturated carbocycles. The quantitative estimate of drug-likeness (QED) is 0.469. The lowest BCUT2D eigenvalue weighted by Gasteiger charge is -2.30. The minimum atomic E-state index is 0.985. The van der Waals surface area contributed by atoms with E-state index in [2.05, 4.69) is 12.2 Å². The highest BCUT2D eigenvalue weighted by atomic mass is 14.3. The number of hydrogen-bond donors (Lipinski definition) is 0. The monoisotopic (exact) mass is 122 g/mol. The molecule has 1 fully saturated rings. The molecule has 0 heteroatoms. The van der Waals surface area contributed by atoms with E-state index in [4.69, 9.17) is 0 Å². The summed E-state index contributed by atoms with van der Waals surface area (Å²) in [5.74, 6) is 2.07. The van der Waals surface area contributed by atoms with Crippen molar-refractivity contribution in [2.75, 3.05) is 0 Å². The van der Waals surface area contributed by atoms with Crippen LogP contribution in [0.4, 0.5) is 0 Å². The Morgan fingerprint density at radius 1 is 1.11 bits per heavy atom. The van der Waals surface area contributed by atoms with Gasteiger partial charge in [0.25, 0.3) is 0 Å². The molecular formula is C9H14. The number of hydrogen-bond acceptors (Lipinski definition) is 0. The van der Waals surface area contributed by atoms with Gasteiger partial charge in [0.15, 0.2) is 0 Å². The number of rotatable bonds is 1. The lowest BCUT2D eigenvalue weighted by molar-refractivity contribution is 0.240. The molecule has 9 heavy (non-hydrogen) atoms. The van der Waals surface area contributed by atoms with Crippen LogP contribution in [0.25, 0.3) is 0 Å². The van der Waals surface area contributed by atoms with Crippen LogP contribution in [0.15, 0.2) is 12.2 Å². The number of allylic oxidation sites excluding steroid dienone is 2. The van der Waals surface area contributed by atoms with Gasteiger partial charge in [-0.1, -0.05) is 18.6 Å². The summed E-state index contributed by atoms with van der Waals surface area (Å²) < 4.78 is 0. The lowest BCUT2D eigenvalue weighted by atomic mass is 9.76. The van der Waals surface area contributed by atoms with Gasteiger partial charge in [0.1, 0.15) is 0 Å². The highest BCUT2D eigenvalue weighted by Gasteiger charge is 2.26. The normalized spacial score (nSPS) is 34.9. The van der Waals surface area contributed by atoms with Crippen molar-refractivity contribution in [2.45, 2.75) is 32.1 Å². The molecule has 2 aliphatic rings.